The molecule has 1 fully saturated rings. The van der Waals surface area contributed by atoms with E-state index in [1.165, 1.54) is 0 Å². The molecule has 2 aliphatic heterocycles. The van der Waals surface area contributed by atoms with Crippen LogP contribution in [-0.2, 0) is 11.3 Å². The summed E-state index contributed by atoms with van der Waals surface area (Å²) in [5.74, 6) is 0.535. The monoisotopic (exact) mass is 550 g/mol. The Morgan fingerprint density at radius 1 is 1.06 bits per heavy atom. The fourth-order valence-electron chi connectivity index (χ4n) is 4.87. The van der Waals surface area contributed by atoms with Crippen molar-refractivity contribution < 1.29 is 14.4 Å². The van der Waals surface area contributed by atoms with Crippen molar-refractivity contribution in [2.45, 2.75) is 38.4 Å². The Bertz CT molecular complexity index is 1270. The smallest absolute Gasteiger partial charge is 0.330 e. The zero-order valence-electron chi connectivity index (χ0n) is 19.9. The van der Waals surface area contributed by atoms with Crippen LogP contribution < -0.4 is 10.6 Å². The molecular weight excluding hydrogens is 524 g/mol. The Morgan fingerprint density at radius 3 is 2.42 bits per heavy atom. The third-order valence-corrected chi connectivity index (χ3v) is 7.28. The summed E-state index contributed by atoms with van der Waals surface area (Å²) in [7, 11) is 0. The van der Waals surface area contributed by atoms with E-state index < -0.39 is 12.1 Å². The number of anilines is 1. The van der Waals surface area contributed by atoms with Gasteiger partial charge in [0.05, 0.1) is 18.4 Å². The maximum Gasteiger partial charge on any atom is 0.330 e. The fourth-order valence-corrected chi connectivity index (χ4v) is 5.13. The van der Waals surface area contributed by atoms with Crippen molar-refractivity contribution in [2.75, 3.05) is 18.4 Å². The van der Waals surface area contributed by atoms with Crippen molar-refractivity contribution in [3.63, 3.8) is 0 Å². The van der Waals surface area contributed by atoms with Gasteiger partial charge in [0.15, 0.2) is 0 Å². The van der Waals surface area contributed by atoms with E-state index >= 15 is 0 Å². The van der Waals surface area contributed by atoms with Crippen LogP contribution >= 0.6 is 15.9 Å². The molecule has 5 rings (SSSR count). The van der Waals surface area contributed by atoms with Crippen molar-refractivity contribution in [2.24, 2.45) is 0 Å². The van der Waals surface area contributed by atoms with E-state index in [-0.39, 0.29) is 18.0 Å². The molecular formula is C26H27BrN6O3. The quantitative estimate of drug-likeness (QED) is 0.494. The third-order valence-electron chi connectivity index (χ3n) is 6.75. The molecule has 4 amide bonds. The first-order valence-electron chi connectivity index (χ1n) is 11.9. The Morgan fingerprint density at radius 2 is 1.75 bits per heavy atom. The lowest BCUT2D eigenvalue weighted by atomic mass is 10.0. The second kappa shape index (κ2) is 10.1. The topological polar surface area (TPSA) is 99.6 Å². The van der Waals surface area contributed by atoms with Crippen molar-refractivity contribution in [3.8, 4) is 0 Å². The van der Waals surface area contributed by atoms with Crippen LogP contribution in [0.25, 0.3) is 0 Å². The number of likely N-dealkylation sites (tertiary alicyclic amines) is 1. The predicted octanol–water partition coefficient (Wildman–Crippen LogP) is 4.29. The zero-order valence-corrected chi connectivity index (χ0v) is 21.4. The van der Waals surface area contributed by atoms with Crippen LogP contribution in [0.3, 0.4) is 0 Å². The van der Waals surface area contributed by atoms with E-state index in [2.05, 4.69) is 31.5 Å². The number of piperidine rings is 1. The molecule has 10 heteroatoms. The third kappa shape index (κ3) is 4.86. The molecule has 1 aromatic heterocycles. The average Bonchev–Trinajstić information content (AvgIpc) is 3.43. The lowest BCUT2D eigenvalue weighted by Crippen LogP contribution is -2.50. The summed E-state index contributed by atoms with van der Waals surface area (Å²) < 4.78 is 2.57. The highest BCUT2D eigenvalue weighted by Crippen LogP contribution is 2.27. The SMILES string of the molecule is Cc1ncc2n1C(=O)N(C1CCN(C(=O)C(NC(=O)Nc3ccc(Br)cc3)c3ccccc3)CC1)C2. The molecule has 1 saturated heterocycles. The Kier molecular flexibility index (Phi) is 6.77. The van der Waals surface area contributed by atoms with Crippen molar-refractivity contribution in [1.29, 1.82) is 0 Å². The summed E-state index contributed by atoms with van der Waals surface area (Å²) >= 11 is 3.38. The number of nitrogens with one attached hydrogen (secondary N) is 2. The number of rotatable bonds is 5. The number of carbonyl (C=O) groups excluding carboxylic acids is 3. The molecule has 2 aliphatic rings. The van der Waals surface area contributed by atoms with E-state index in [1.807, 2.05) is 54.3 Å². The largest absolute Gasteiger partial charge is 0.340 e. The highest BCUT2D eigenvalue weighted by molar-refractivity contribution is 9.10. The summed E-state index contributed by atoms with van der Waals surface area (Å²) in [6.07, 6.45) is 3.12. The molecule has 1 atom stereocenters. The van der Waals surface area contributed by atoms with Gasteiger partial charge in [-0.2, -0.15) is 0 Å². The second-order valence-corrected chi connectivity index (χ2v) is 9.96. The van der Waals surface area contributed by atoms with Crippen LogP contribution in [0.15, 0.2) is 65.3 Å². The van der Waals surface area contributed by atoms with E-state index in [0.29, 0.717) is 49.6 Å². The number of benzene rings is 2. The van der Waals surface area contributed by atoms with Gasteiger partial charge < -0.3 is 20.4 Å². The number of imidazole rings is 1. The fraction of sp³-hybridized carbons (Fsp3) is 0.308. The standard InChI is InChI=1S/C26H27BrN6O3/c1-17-28-15-22-16-32(26(36)33(17)22)21-11-13-31(14-12-21)24(34)23(18-5-3-2-4-6-18)30-25(35)29-20-9-7-19(27)8-10-20/h2-10,15,21,23H,11-14,16H2,1H3,(H2,29,30,35). The van der Waals surface area contributed by atoms with Gasteiger partial charge >= 0.3 is 12.1 Å². The molecule has 3 heterocycles. The molecule has 2 aromatic carbocycles. The Balaban J connectivity index is 1.24. The number of nitrogens with zero attached hydrogens (tertiary/aromatic N) is 4. The number of urea groups is 1. The molecule has 186 valence electrons. The van der Waals surface area contributed by atoms with Crippen LogP contribution in [0.4, 0.5) is 15.3 Å². The van der Waals surface area contributed by atoms with Crippen LogP contribution in [0.1, 0.15) is 36.0 Å². The number of amides is 4. The molecule has 0 saturated carbocycles. The minimum atomic E-state index is -0.818. The molecule has 36 heavy (non-hydrogen) atoms. The van der Waals surface area contributed by atoms with Gasteiger partial charge in [-0.15, -0.1) is 0 Å². The second-order valence-electron chi connectivity index (χ2n) is 9.05. The zero-order chi connectivity index (χ0) is 25.2. The summed E-state index contributed by atoms with van der Waals surface area (Å²) in [5.41, 5.74) is 2.25. The van der Waals surface area contributed by atoms with Gasteiger partial charge in [-0.25, -0.2) is 14.6 Å². The molecule has 3 aromatic rings. The molecule has 0 bridgehead atoms. The molecule has 9 nitrogen and oxygen atoms in total. The molecule has 0 spiro atoms. The van der Waals surface area contributed by atoms with Crippen LogP contribution in [0, 0.1) is 6.92 Å². The maximum atomic E-state index is 13.6. The predicted molar refractivity (Wildman–Crippen MR) is 138 cm³/mol. The van der Waals surface area contributed by atoms with Crippen molar-refractivity contribution in [3.05, 3.63) is 82.3 Å². The van der Waals surface area contributed by atoms with Crippen LogP contribution in [-0.4, -0.2) is 56.5 Å². The van der Waals surface area contributed by atoms with Gasteiger partial charge in [-0.1, -0.05) is 46.3 Å². The first-order chi connectivity index (χ1) is 17.4. The Hall–Kier alpha value is -3.66. The first-order valence-corrected chi connectivity index (χ1v) is 12.7. The Labute approximate surface area is 217 Å². The van der Waals surface area contributed by atoms with Crippen molar-refractivity contribution in [1.82, 2.24) is 24.7 Å². The minimum absolute atomic E-state index is 0.0433. The molecule has 2 N–H and O–H groups in total. The summed E-state index contributed by atoms with van der Waals surface area (Å²) in [5, 5.41) is 5.65. The van der Waals surface area contributed by atoms with Gasteiger partial charge in [-0.3, -0.25) is 9.36 Å². The summed E-state index contributed by atoms with van der Waals surface area (Å²) in [4.78, 5) is 47.1. The van der Waals surface area contributed by atoms with Crippen LogP contribution in [0.2, 0.25) is 0 Å². The van der Waals surface area contributed by atoms with E-state index in [9.17, 15) is 14.4 Å². The highest BCUT2D eigenvalue weighted by atomic mass is 79.9. The number of hydrogen-bond acceptors (Lipinski definition) is 4. The molecule has 0 aliphatic carbocycles. The van der Waals surface area contributed by atoms with Gasteiger partial charge in [-0.05, 0) is 49.6 Å². The normalized spacial score (nSPS) is 16.6. The first kappa shape index (κ1) is 24.1. The lowest BCUT2D eigenvalue weighted by Gasteiger charge is -2.37. The number of hydrogen-bond donors (Lipinski definition) is 2. The number of carbonyl (C=O) groups is 3. The average molecular weight is 551 g/mol. The molecule has 0 radical (unpaired) electrons. The highest BCUT2D eigenvalue weighted by Gasteiger charge is 2.37. The van der Waals surface area contributed by atoms with Crippen LogP contribution in [0.5, 0.6) is 0 Å². The van der Waals surface area contributed by atoms with E-state index in [0.717, 1.165) is 10.2 Å². The maximum absolute atomic E-state index is 13.6. The van der Waals surface area contributed by atoms with Gasteiger partial charge in [0.1, 0.15) is 11.9 Å². The summed E-state index contributed by atoms with van der Waals surface area (Å²) in [6.45, 7) is 3.40. The van der Waals surface area contributed by atoms with Crippen molar-refractivity contribution >= 4 is 39.6 Å². The van der Waals surface area contributed by atoms with E-state index in [1.54, 1.807) is 27.8 Å². The number of aromatic nitrogens is 2. The number of aryl methyl sites for hydroxylation is 1. The minimum Gasteiger partial charge on any atom is -0.340 e. The summed E-state index contributed by atoms with van der Waals surface area (Å²) in [6, 6.07) is 15.2. The van der Waals surface area contributed by atoms with Gasteiger partial charge in [0.2, 0.25) is 5.91 Å². The molecule has 1 unspecified atom stereocenters. The lowest BCUT2D eigenvalue weighted by molar-refractivity contribution is -0.134. The number of fused-ring (bicyclic) bond motifs is 1. The van der Waals surface area contributed by atoms with Gasteiger partial charge in [0.25, 0.3) is 0 Å². The number of halogens is 1. The van der Waals surface area contributed by atoms with E-state index in [4.69, 9.17) is 0 Å². The van der Waals surface area contributed by atoms with Gasteiger partial charge in [0, 0.05) is 29.3 Å².